The molecule has 0 aliphatic heterocycles. The second-order valence-electron chi connectivity index (χ2n) is 4.14. The maximum absolute atomic E-state index is 11.3. The summed E-state index contributed by atoms with van der Waals surface area (Å²) in [5.41, 5.74) is 0.893. The lowest BCUT2D eigenvalue weighted by Gasteiger charge is -2.19. The monoisotopic (exact) mass is 205 g/mol. The van der Waals surface area contributed by atoms with E-state index in [1.54, 1.807) is 12.4 Å². The van der Waals surface area contributed by atoms with E-state index in [2.05, 4.69) is 4.98 Å². The number of carboxylic acids is 1. The van der Waals surface area contributed by atoms with Gasteiger partial charge in [0.25, 0.3) is 0 Å². The van der Waals surface area contributed by atoms with Gasteiger partial charge in [-0.1, -0.05) is 12.8 Å². The smallest absolute Gasteiger partial charge is 0.311 e. The first-order valence-corrected chi connectivity index (χ1v) is 5.42. The van der Waals surface area contributed by atoms with Crippen LogP contribution in [-0.2, 0) is 4.79 Å². The maximum Gasteiger partial charge on any atom is 0.311 e. The molecule has 1 N–H and O–H groups in total. The lowest BCUT2D eigenvalue weighted by molar-refractivity contribution is -0.140. The van der Waals surface area contributed by atoms with Gasteiger partial charge in [-0.25, -0.2) is 0 Å². The van der Waals surface area contributed by atoms with E-state index in [0.29, 0.717) is 5.92 Å². The highest BCUT2D eigenvalue weighted by molar-refractivity contribution is 5.76. The molecule has 2 rings (SSSR count). The number of hydrogen-bond acceptors (Lipinski definition) is 2. The highest BCUT2D eigenvalue weighted by Crippen LogP contribution is 2.37. The van der Waals surface area contributed by atoms with Crippen molar-refractivity contribution in [3.8, 4) is 0 Å². The number of carbonyl (C=O) groups is 1. The minimum absolute atomic E-state index is 0.310. The third-order valence-electron chi connectivity index (χ3n) is 3.20. The van der Waals surface area contributed by atoms with E-state index in [1.807, 2.05) is 12.1 Å². The van der Waals surface area contributed by atoms with Crippen LogP contribution in [0.15, 0.2) is 24.5 Å². The summed E-state index contributed by atoms with van der Waals surface area (Å²) in [5, 5.41) is 9.27. The van der Waals surface area contributed by atoms with Crippen LogP contribution in [0.3, 0.4) is 0 Å². The summed E-state index contributed by atoms with van der Waals surface area (Å²) in [6.45, 7) is 0. The predicted octanol–water partition coefficient (Wildman–Crippen LogP) is 2.44. The van der Waals surface area contributed by atoms with Crippen molar-refractivity contribution >= 4 is 5.97 Å². The average Bonchev–Trinajstić information content (AvgIpc) is 2.72. The topological polar surface area (TPSA) is 50.2 Å². The second-order valence-corrected chi connectivity index (χ2v) is 4.14. The van der Waals surface area contributed by atoms with Gasteiger partial charge in [-0.2, -0.15) is 0 Å². The average molecular weight is 205 g/mol. The van der Waals surface area contributed by atoms with Gasteiger partial charge in [0.15, 0.2) is 0 Å². The first kappa shape index (κ1) is 10.1. The normalized spacial score (nSPS) is 18.9. The molecule has 15 heavy (non-hydrogen) atoms. The molecule has 1 atom stereocenters. The molecule has 1 aliphatic carbocycles. The van der Waals surface area contributed by atoms with Crippen molar-refractivity contribution in [1.82, 2.24) is 4.98 Å². The Kier molecular flexibility index (Phi) is 2.99. The predicted molar refractivity (Wildman–Crippen MR) is 56.6 cm³/mol. The summed E-state index contributed by atoms with van der Waals surface area (Å²) < 4.78 is 0. The molecule has 1 saturated carbocycles. The Hall–Kier alpha value is -1.38. The van der Waals surface area contributed by atoms with E-state index in [0.717, 1.165) is 18.4 Å². The van der Waals surface area contributed by atoms with E-state index in [4.69, 9.17) is 0 Å². The van der Waals surface area contributed by atoms with Gasteiger partial charge in [-0.15, -0.1) is 0 Å². The van der Waals surface area contributed by atoms with E-state index < -0.39 is 5.97 Å². The number of carboxylic acid groups (broad SMARTS) is 1. The van der Waals surface area contributed by atoms with Crippen LogP contribution >= 0.6 is 0 Å². The van der Waals surface area contributed by atoms with Gasteiger partial charge < -0.3 is 5.11 Å². The van der Waals surface area contributed by atoms with E-state index in [9.17, 15) is 9.90 Å². The summed E-state index contributed by atoms with van der Waals surface area (Å²) in [6.07, 6.45) is 7.75. The van der Waals surface area contributed by atoms with Crippen LogP contribution in [0.1, 0.15) is 37.2 Å². The Labute approximate surface area is 89.2 Å². The maximum atomic E-state index is 11.3. The number of nitrogens with zero attached hydrogens (tertiary/aromatic N) is 1. The van der Waals surface area contributed by atoms with Crippen LogP contribution in [0.4, 0.5) is 0 Å². The fourth-order valence-electron chi connectivity index (χ4n) is 2.48. The van der Waals surface area contributed by atoms with Crippen LogP contribution in [0.5, 0.6) is 0 Å². The van der Waals surface area contributed by atoms with E-state index >= 15 is 0 Å². The van der Waals surface area contributed by atoms with Crippen LogP contribution < -0.4 is 0 Å². The van der Waals surface area contributed by atoms with Gasteiger partial charge in [0.2, 0.25) is 0 Å². The number of aliphatic carboxylic acids is 1. The molecule has 3 nitrogen and oxygen atoms in total. The molecule has 0 amide bonds. The molecule has 0 saturated heterocycles. The number of aromatic nitrogens is 1. The number of pyridine rings is 1. The van der Waals surface area contributed by atoms with Gasteiger partial charge in [0.1, 0.15) is 0 Å². The molecule has 0 spiro atoms. The Morgan fingerprint density at radius 3 is 2.47 bits per heavy atom. The molecule has 1 aliphatic rings. The molecular weight excluding hydrogens is 190 g/mol. The molecule has 1 aromatic heterocycles. The second kappa shape index (κ2) is 4.43. The summed E-state index contributed by atoms with van der Waals surface area (Å²) in [7, 11) is 0. The molecule has 1 fully saturated rings. The molecule has 0 radical (unpaired) electrons. The van der Waals surface area contributed by atoms with Gasteiger partial charge in [0.05, 0.1) is 5.92 Å². The summed E-state index contributed by atoms with van der Waals surface area (Å²) >= 11 is 0. The molecule has 1 aromatic rings. The Morgan fingerprint density at radius 1 is 1.33 bits per heavy atom. The molecule has 3 heteroatoms. The van der Waals surface area contributed by atoms with Crippen molar-refractivity contribution in [3.05, 3.63) is 30.1 Å². The molecule has 80 valence electrons. The summed E-state index contributed by atoms with van der Waals surface area (Å²) in [5.74, 6) is -0.728. The molecular formula is C12H15NO2. The highest BCUT2D eigenvalue weighted by atomic mass is 16.4. The van der Waals surface area contributed by atoms with Crippen LogP contribution in [-0.4, -0.2) is 16.1 Å². The Bertz CT molecular complexity index is 331. The SMILES string of the molecule is O=C(O)[C@@H](c1ccncc1)C1CCCC1. The third-order valence-corrected chi connectivity index (χ3v) is 3.20. The zero-order valence-electron chi connectivity index (χ0n) is 8.60. The molecule has 1 heterocycles. The standard InChI is InChI=1S/C12H15NO2/c14-12(15)11(9-3-1-2-4-9)10-5-7-13-8-6-10/h5-9,11H,1-4H2,(H,14,15)/t11-/m1/s1. The quantitative estimate of drug-likeness (QED) is 0.824. The zero-order valence-corrected chi connectivity index (χ0v) is 8.60. The van der Waals surface area contributed by atoms with E-state index in [-0.39, 0.29) is 5.92 Å². The molecule has 0 bridgehead atoms. The van der Waals surface area contributed by atoms with E-state index in [1.165, 1.54) is 12.8 Å². The van der Waals surface area contributed by atoms with Gasteiger partial charge in [-0.05, 0) is 36.5 Å². The lowest BCUT2D eigenvalue weighted by Crippen LogP contribution is -2.19. The number of hydrogen-bond donors (Lipinski definition) is 1. The fraction of sp³-hybridized carbons (Fsp3) is 0.500. The minimum Gasteiger partial charge on any atom is -0.481 e. The summed E-state index contributed by atoms with van der Waals surface area (Å²) in [4.78, 5) is 15.2. The van der Waals surface area contributed by atoms with Crippen LogP contribution in [0.25, 0.3) is 0 Å². The first-order chi connectivity index (χ1) is 7.29. The lowest BCUT2D eigenvalue weighted by atomic mass is 9.85. The first-order valence-electron chi connectivity index (χ1n) is 5.42. The van der Waals surface area contributed by atoms with Crippen molar-refractivity contribution in [3.63, 3.8) is 0 Å². The Balaban J connectivity index is 2.23. The van der Waals surface area contributed by atoms with Gasteiger partial charge in [0, 0.05) is 12.4 Å². The van der Waals surface area contributed by atoms with Crippen molar-refractivity contribution in [2.24, 2.45) is 5.92 Å². The number of rotatable bonds is 3. The third kappa shape index (κ3) is 2.17. The van der Waals surface area contributed by atoms with Crippen LogP contribution in [0, 0.1) is 5.92 Å². The highest BCUT2D eigenvalue weighted by Gasteiger charge is 2.31. The molecule has 0 aromatic carbocycles. The minimum atomic E-state index is -0.701. The van der Waals surface area contributed by atoms with Crippen molar-refractivity contribution < 1.29 is 9.90 Å². The van der Waals surface area contributed by atoms with Gasteiger partial charge >= 0.3 is 5.97 Å². The molecule has 0 unspecified atom stereocenters. The largest absolute Gasteiger partial charge is 0.481 e. The Morgan fingerprint density at radius 2 is 1.93 bits per heavy atom. The van der Waals surface area contributed by atoms with Crippen molar-refractivity contribution in [1.29, 1.82) is 0 Å². The van der Waals surface area contributed by atoms with Crippen molar-refractivity contribution in [2.75, 3.05) is 0 Å². The zero-order chi connectivity index (χ0) is 10.7. The van der Waals surface area contributed by atoms with Gasteiger partial charge in [-0.3, -0.25) is 9.78 Å². The van der Waals surface area contributed by atoms with Crippen molar-refractivity contribution in [2.45, 2.75) is 31.6 Å². The van der Waals surface area contributed by atoms with Crippen LogP contribution in [0.2, 0.25) is 0 Å². The summed E-state index contributed by atoms with van der Waals surface area (Å²) in [6, 6.07) is 3.63. The fourth-order valence-corrected chi connectivity index (χ4v) is 2.48.